The lowest BCUT2D eigenvalue weighted by molar-refractivity contribution is -0.141. The molecule has 0 bridgehead atoms. The number of anilines is 1. The summed E-state index contributed by atoms with van der Waals surface area (Å²) < 4.78 is 53.2. The monoisotopic (exact) mass is 419 g/mol. The molecule has 10 heteroatoms. The minimum absolute atomic E-state index is 0.0346. The summed E-state index contributed by atoms with van der Waals surface area (Å²) in [5, 5.41) is -0.353. The van der Waals surface area contributed by atoms with Crippen molar-refractivity contribution in [2.24, 2.45) is 0 Å². The molecular formula is C19H10ClF4N5. The highest BCUT2D eigenvalue weighted by molar-refractivity contribution is 6.29. The predicted octanol–water partition coefficient (Wildman–Crippen LogP) is 5.15. The Kier molecular flexibility index (Phi) is 4.54. The zero-order valence-corrected chi connectivity index (χ0v) is 15.1. The summed E-state index contributed by atoms with van der Waals surface area (Å²) in [5.41, 5.74) is 6.23. The smallest absolute Gasteiger partial charge is 0.382 e. The SMILES string of the molecule is Nc1nc(-c2ccc(F)cc2)c(-c2cc(Cl)nc(C(F)(F)F)c2)c2nccnc12. The van der Waals surface area contributed by atoms with Crippen molar-refractivity contribution in [2.45, 2.75) is 6.18 Å². The molecule has 2 N–H and O–H groups in total. The van der Waals surface area contributed by atoms with Crippen LogP contribution in [0.15, 0.2) is 48.8 Å². The Labute approximate surface area is 166 Å². The van der Waals surface area contributed by atoms with E-state index in [2.05, 4.69) is 19.9 Å². The van der Waals surface area contributed by atoms with Crippen LogP contribution in [0.25, 0.3) is 33.4 Å². The number of benzene rings is 1. The molecule has 5 nitrogen and oxygen atoms in total. The third kappa shape index (κ3) is 3.56. The molecular weight excluding hydrogens is 410 g/mol. The Morgan fingerprint density at radius 2 is 1.52 bits per heavy atom. The van der Waals surface area contributed by atoms with E-state index in [1.54, 1.807) is 0 Å². The van der Waals surface area contributed by atoms with Crippen LogP contribution in [0.3, 0.4) is 0 Å². The van der Waals surface area contributed by atoms with Crippen molar-refractivity contribution in [1.82, 2.24) is 19.9 Å². The number of nitrogens with two attached hydrogens (primary N) is 1. The number of rotatable bonds is 2. The molecule has 4 rings (SSSR count). The van der Waals surface area contributed by atoms with Crippen LogP contribution in [0.5, 0.6) is 0 Å². The minimum atomic E-state index is -4.71. The highest BCUT2D eigenvalue weighted by atomic mass is 35.5. The third-order valence-corrected chi connectivity index (χ3v) is 4.33. The van der Waals surface area contributed by atoms with Gasteiger partial charge in [0.05, 0.1) is 5.69 Å². The van der Waals surface area contributed by atoms with E-state index in [-0.39, 0.29) is 38.8 Å². The van der Waals surface area contributed by atoms with Gasteiger partial charge in [-0.2, -0.15) is 13.2 Å². The average molecular weight is 420 g/mol. The highest BCUT2D eigenvalue weighted by Gasteiger charge is 2.34. The molecule has 3 aromatic heterocycles. The van der Waals surface area contributed by atoms with Crippen LogP contribution in [-0.2, 0) is 6.18 Å². The zero-order chi connectivity index (χ0) is 20.8. The van der Waals surface area contributed by atoms with Gasteiger partial charge in [-0.05, 0) is 42.0 Å². The molecule has 0 spiro atoms. The largest absolute Gasteiger partial charge is 0.433 e. The Morgan fingerprint density at radius 3 is 2.17 bits per heavy atom. The molecule has 146 valence electrons. The van der Waals surface area contributed by atoms with Crippen LogP contribution in [0, 0.1) is 5.82 Å². The molecule has 0 atom stereocenters. The van der Waals surface area contributed by atoms with E-state index < -0.39 is 17.7 Å². The van der Waals surface area contributed by atoms with Crippen molar-refractivity contribution >= 4 is 28.5 Å². The molecule has 0 aliphatic carbocycles. The van der Waals surface area contributed by atoms with Crippen molar-refractivity contribution in [2.75, 3.05) is 5.73 Å². The maximum absolute atomic E-state index is 13.4. The van der Waals surface area contributed by atoms with Crippen molar-refractivity contribution in [1.29, 1.82) is 0 Å². The lowest BCUT2D eigenvalue weighted by Crippen LogP contribution is -2.09. The van der Waals surface area contributed by atoms with E-state index in [0.717, 1.165) is 6.07 Å². The molecule has 0 unspecified atom stereocenters. The van der Waals surface area contributed by atoms with E-state index in [9.17, 15) is 17.6 Å². The first-order chi connectivity index (χ1) is 13.7. The molecule has 0 radical (unpaired) electrons. The quantitative estimate of drug-likeness (QED) is 0.359. The first-order valence-corrected chi connectivity index (χ1v) is 8.53. The lowest BCUT2D eigenvalue weighted by atomic mass is 9.97. The van der Waals surface area contributed by atoms with Crippen LogP contribution in [0.1, 0.15) is 5.69 Å². The molecule has 3 heterocycles. The normalized spacial score (nSPS) is 11.8. The Bertz CT molecular complexity index is 1230. The van der Waals surface area contributed by atoms with Gasteiger partial charge < -0.3 is 5.73 Å². The van der Waals surface area contributed by atoms with Crippen molar-refractivity contribution in [3.63, 3.8) is 0 Å². The van der Waals surface area contributed by atoms with E-state index in [0.29, 0.717) is 5.56 Å². The van der Waals surface area contributed by atoms with Crippen LogP contribution in [0.2, 0.25) is 5.15 Å². The van der Waals surface area contributed by atoms with E-state index in [1.807, 2.05) is 0 Å². The molecule has 29 heavy (non-hydrogen) atoms. The molecule has 4 aromatic rings. The number of aromatic nitrogens is 4. The van der Waals surface area contributed by atoms with Crippen LogP contribution in [-0.4, -0.2) is 19.9 Å². The van der Waals surface area contributed by atoms with Gasteiger partial charge in [-0.1, -0.05) is 11.6 Å². The first kappa shape index (κ1) is 19.0. The standard InChI is InChI=1S/C19H10ClF4N5/c20-13-8-10(7-12(28-13)19(22,23)24)14-15(9-1-3-11(21)4-2-9)29-18(25)17-16(14)26-5-6-27-17/h1-8H,(H2,25,29). The summed E-state index contributed by atoms with van der Waals surface area (Å²) >= 11 is 5.87. The molecule has 0 saturated heterocycles. The second kappa shape index (κ2) is 6.93. The average Bonchev–Trinajstić information content (AvgIpc) is 2.67. The Morgan fingerprint density at radius 1 is 0.862 bits per heavy atom. The fraction of sp³-hybridized carbons (Fsp3) is 0.0526. The number of fused-ring (bicyclic) bond motifs is 1. The van der Waals surface area contributed by atoms with Crippen LogP contribution >= 0.6 is 11.6 Å². The maximum Gasteiger partial charge on any atom is 0.433 e. The van der Waals surface area contributed by atoms with E-state index in [1.165, 1.54) is 42.7 Å². The predicted molar refractivity (Wildman–Crippen MR) is 100 cm³/mol. The van der Waals surface area contributed by atoms with Gasteiger partial charge in [0.25, 0.3) is 0 Å². The van der Waals surface area contributed by atoms with Crippen LogP contribution < -0.4 is 5.73 Å². The number of nitrogen functional groups attached to an aromatic ring is 1. The highest BCUT2D eigenvalue weighted by Crippen LogP contribution is 2.40. The summed E-state index contributed by atoms with van der Waals surface area (Å²) in [6.45, 7) is 0. The fourth-order valence-corrected chi connectivity index (χ4v) is 3.14. The third-order valence-electron chi connectivity index (χ3n) is 4.14. The molecule has 0 fully saturated rings. The lowest BCUT2D eigenvalue weighted by Gasteiger charge is -2.15. The minimum Gasteiger partial charge on any atom is -0.382 e. The summed E-state index contributed by atoms with van der Waals surface area (Å²) in [4.78, 5) is 16.0. The second-order valence-corrected chi connectivity index (χ2v) is 6.43. The number of nitrogens with zero attached hydrogens (tertiary/aromatic N) is 4. The van der Waals surface area contributed by atoms with Crippen LogP contribution in [0.4, 0.5) is 23.4 Å². The van der Waals surface area contributed by atoms with E-state index >= 15 is 0 Å². The number of hydrogen-bond donors (Lipinski definition) is 1. The summed E-state index contributed by atoms with van der Waals surface area (Å²) in [6.07, 6.45) is -1.94. The molecule has 0 aliphatic heterocycles. The van der Waals surface area contributed by atoms with Gasteiger partial charge in [0.2, 0.25) is 0 Å². The molecule has 1 aromatic carbocycles. The number of alkyl halides is 3. The number of halogens is 5. The topological polar surface area (TPSA) is 77.6 Å². The van der Waals surface area contributed by atoms with Gasteiger partial charge in [-0.3, -0.25) is 4.98 Å². The number of pyridine rings is 2. The van der Waals surface area contributed by atoms with Crippen molar-refractivity contribution in [3.05, 3.63) is 65.5 Å². The van der Waals surface area contributed by atoms with Gasteiger partial charge >= 0.3 is 6.18 Å². The summed E-state index contributed by atoms with van der Waals surface area (Å²) in [7, 11) is 0. The Hall–Kier alpha value is -3.33. The van der Waals surface area contributed by atoms with Gasteiger partial charge in [0, 0.05) is 23.5 Å². The molecule has 0 amide bonds. The number of hydrogen-bond acceptors (Lipinski definition) is 5. The van der Waals surface area contributed by atoms with E-state index in [4.69, 9.17) is 17.3 Å². The second-order valence-electron chi connectivity index (χ2n) is 6.04. The van der Waals surface area contributed by atoms with Gasteiger partial charge in [0.15, 0.2) is 5.82 Å². The molecule has 0 aliphatic rings. The molecule has 0 saturated carbocycles. The summed E-state index contributed by atoms with van der Waals surface area (Å²) in [5.74, 6) is -0.442. The summed E-state index contributed by atoms with van der Waals surface area (Å²) in [6, 6.07) is 7.41. The van der Waals surface area contributed by atoms with Crippen molar-refractivity contribution in [3.8, 4) is 22.4 Å². The maximum atomic E-state index is 13.4. The fourth-order valence-electron chi connectivity index (χ4n) is 2.93. The van der Waals surface area contributed by atoms with Gasteiger partial charge in [-0.25, -0.2) is 19.3 Å². The Balaban J connectivity index is 2.10. The first-order valence-electron chi connectivity index (χ1n) is 8.15. The van der Waals surface area contributed by atoms with Gasteiger partial charge in [-0.15, -0.1) is 0 Å². The van der Waals surface area contributed by atoms with Gasteiger partial charge in [0.1, 0.15) is 27.7 Å². The zero-order valence-electron chi connectivity index (χ0n) is 14.4. The van der Waals surface area contributed by atoms with Crippen molar-refractivity contribution < 1.29 is 17.6 Å².